The molecule has 2 N–H and O–H groups in total. The molecule has 0 radical (unpaired) electrons. The first-order chi connectivity index (χ1) is 7.26. The molecule has 1 aromatic heterocycles. The lowest BCUT2D eigenvalue weighted by Crippen LogP contribution is -2.15. The maximum Gasteiger partial charge on any atom is 0.131 e. The number of nitrogens with one attached hydrogen (secondary N) is 1. The Morgan fingerprint density at radius 3 is 2.93 bits per heavy atom. The zero-order valence-corrected chi connectivity index (χ0v) is 9.67. The Bertz CT molecular complexity index is 294. The standard InChI is InChI=1S/C11H17ClN2O/c1-2-9(6-7-15)8-13-11-5-3-4-10(12)14-11/h3-5,9,15H,2,6-8H2,1H3,(H,13,14). The average molecular weight is 229 g/mol. The summed E-state index contributed by atoms with van der Waals surface area (Å²) in [5, 5.41) is 12.6. The van der Waals surface area contributed by atoms with Crippen LogP contribution in [0, 0.1) is 5.92 Å². The van der Waals surface area contributed by atoms with Crippen molar-refractivity contribution >= 4 is 17.4 Å². The Morgan fingerprint density at radius 1 is 1.53 bits per heavy atom. The fourth-order valence-corrected chi connectivity index (χ4v) is 1.55. The van der Waals surface area contributed by atoms with Gasteiger partial charge in [0.2, 0.25) is 0 Å². The van der Waals surface area contributed by atoms with Crippen LogP contribution in [-0.4, -0.2) is 23.2 Å². The van der Waals surface area contributed by atoms with Crippen molar-refractivity contribution in [2.45, 2.75) is 19.8 Å². The van der Waals surface area contributed by atoms with Crippen LogP contribution in [0.5, 0.6) is 0 Å². The van der Waals surface area contributed by atoms with Crippen LogP contribution in [0.25, 0.3) is 0 Å². The molecular formula is C11H17ClN2O. The second-order valence-corrected chi connectivity index (χ2v) is 3.90. The minimum absolute atomic E-state index is 0.239. The van der Waals surface area contributed by atoms with Crippen LogP contribution >= 0.6 is 11.6 Å². The van der Waals surface area contributed by atoms with Crippen molar-refractivity contribution in [2.75, 3.05) is 18.5 Å². The van der Waals surface area contributed by atoms with Crippen LogP contribution in [0.1, 0.15) is 19.8 Å². The smallest absolute Gasteiger partial charge is 0.131 e. The summed E-state index contributed by atoms with van der Waals surface area (Å²) in [6.07, 6.45) is 1.87. The Labute approximate surface area is 95.5 Å². The quantitative estimate of drug-likeness (QED) is 0.736. The van der Waals surface area contributed by atoms with E-state index < -0.39 is 0 Å². The van der Waals surface area contributed by atoms with Gasteiger partial charge in [-0.1, -0.05) is 31.0 Å². The van der Waals surface area contributed by atoms with Gasteiger partial charge in [0, 0.05) is 13.2 Å². The van der Waals surface area contributed by atoms with Crippen LogP contribution in [0.15, 0.2) is 18.2 Å². The highest BCUT2D eigenvalue weighted by Gasteiger charge is 2.05. The molecule has 0 amide bonds. The Kier molecular flexibility index (Phi) is 5.43. The number of pyridine rings is 1. The molecule has 1 unspecified atom stereocenters. The molecule has 0 aliphatic heterocycles. The second-order valence-electron chi connectivity index (χ2n) is 3.51. The zero-order valence-electron chi connectivity index (χ0n) is 8.91. The fraction of sp³-hybridized carbons (Fsp3) is 0.545. The summed E-state index contributed by atoms with van der Waals surface area (Å²) in [5.41, 5.74) is 0. The normalized spacial score (nSPS) is 12.5. The number of aromatic nitrogens is 1. The number of halogens is 1. The molecule has 4 heteroatoms. The van der Waals surface area contributed by atoms with E-state index >= 15 is 0 Å². The maximum atomic E-state index is 8.84. The first-order valence-electron chi connectivity index (χ1n) is 5.23. The van der Waals surface area contributed by atoms with E-state index in [0.717, 1.165) is 25.2 Å². The highest BCUT2D eigenvalue weighted by Crippen LogP contribution is 2.12. The van der Waals surface area contributed by atoms with E-state index in [2.05, 4.69) is 17.2 Å². The van der Waals surface area contributed by atoms with Gasteiger partial charge in [-0.15, -0.1) is 0 Å². The van der Waals surface area contributed by atoms with Crippen molar-refractivity contribution in [2.24, 2.45) is 5.92 Å². The van der Waals surface area contributed by atoms with Gasteiger partial charge in [-0.25, -0.2) is 4.98 Å². The number of aliphatic hydroxyl groups excluding tert-OH is 1. The molecule has 1 rings (SSSR count). The minimum atomic E-state index is 0.239. The summed E-state index contributed by atoms with van der Waals surface area (Å²) in [5.74, 6) is 1.27. The lowest BCUT2D eigenvalue weighted by molar-refractivity contribution is 0.258. The average Bonchev–Trinajstić information content (AvgIpc) is 2.24. The minimum Gasteiger partial charge on any atom is -0.396 e. The van der Waals surface area contributed by atoms with Crippen LogP contribution in [0.3, 0.4) is 0 Å². The van der Waals surface area contributed by atoms with Crippen LogP contribution in [0.4, 0.5) is 5.82 Å². The molecule has 0 saturated carbocycles. The van der Waals surface area contributed by atoms with Crippen LogP contribution < -0.4 is 5.32 Å². The van der Waals surface area contributed by atoms with Gasteiger partial charge < -0.3 is 10.4 Å². The summed E-state index contributed by atoms with van der Waals surface area (Å²) in [6.45, 7) is 3.18. The summed E-state index contributed by atoms with van der Waals surface area (Å²) in [4.78, 5) is 4.13. The van der Waals surface area contributed by atoms with Crippen molar-refractivity contribution in [1.29, 1.82) is 0 Å². The fourth-order valence-electron chi connectivity index (χ4n) is 1.39. The monoisotopic (exact) mass is 228 g/mol. The molecular weight excluding hydrogens is 212 g/mol. The molecule has 0 fully saturated rings. The first kappa shape index (κ1) is 12.3. The van der Waals surface area contributed by atoms with Crippen molar-refractivity contribution < 1.29 is 5.11 Å². The Balaban J connectivity index is 2.41. The molecule has 1 heterocycles. The van der Waals surface area contributed by atoms with Gasteiger partial charge in [0.05, 0.1) is 0 Å². The molecule has 84 valence electrons. The molecule has 0 aromatic carbocycles. The van der Waals surface area contributed by atoms with Gasteiger partial charge in [0.25, 0.3) is 0 Å². The number of nitrogens with zero attached hydrogens (tertiary/aromatic N) is 1. The summed E-state index contributed by atoms with van der Waals surface area (Å²) >= 11 is 5.76. The molecule has 0 aliphatic carbocycles. The molecule has 0 bridgehead atoms. The molecule has 0 aliphatic rings. The summed E-state index contributed by atoms with van der Waals surface area (Å²) in [6, 6.07) is 5.50. The zero-order chi connectivity index (χ0) is 11.1. The van der Waals surface area contributed by atoms with Crippen LogP contribution in [0.2, 0.25) is 5.15 Å². The van der Waals surface area contributed by atoms with E-state index in [1.165, 1.54) is 0 Å². The summed E-state index contributed by atoms with van der Waals surface area (Å²) in [7, 11) is 0. The Hall–Kier alpha value is -0.800. The second kappa shape index (κ2) is 6.64. The van der Waals surface area contributed by atoms with E-state index in [1.807, 2.05) is 12.1 Å². The van der Waals surface area contributed by atoms with Gasteiger partial charge in [0.1, 0.15) is 11.0 Å². The number of hydrogen-bond donors (Lipinski definition) is 2. The van der Waals surface area contributed by atoms with E-state index in [-0.39, 0.29) is 6.61 Å². The van der Waals surface area contributed by atoms with Gasteiger partial charge >= 0.3 is 0 Å². The van der Waals surface area contributed by atoms with E-state index in [4.69, 9.17) is 16.7 Å². The van der Waals surface area contributed by atoms with Gasteiger partial charge in [-0.2, -0.15) is 0 Å². The molecule has 0 saturated heterocycles. The van der Waals surface area contributed by atoms with Crippen molar-refractivity contribution in [3.05, 3.63) is 23.4 Å². The number of hydrogen-bond acceptors (Lipinski definition) is 3. The van der Waals surface area contributed by atoms with Gasteiger partial charge in [0.15, 0.2) is 0 Å². The third kappa shape index (κ3) is 4.49. The van der Waals surface area contributed by atoms with Gasteiger partial charge in [-0.05, 0) is 24.5 Å². The first-order valence-corrected chi connectivity index (χ1v) is 5.61. The SMILES string of the molecule is CCC(CCO)CNc1cccc(Cl)n1. The molecule has 0 spiro atoms. The summed E-state index contributed by atoms with van der Waals surface area (Å²) < 4.78 is 0. The topological polar surface area (TPSA) is 45.1 Å². The number of rotatable bonds is 6. The lowest BCUT2D eigenvalue weighted by atomic mass is 10.0. The van der Waals surface area contributed by atoms with Gasteiger partial charge in [-0.3, -0.25) is 0 Å². The van der Waals surface area contributed by atoms with E-state index in [1.54, 1.807) is 6.07 Å². The lowest BCUT2D eigenvalue weighted by Gasteiger charge is -2.14. The van der Waals surface area contributed by atoms with Crippen LogP contribution in [-0.2, 0) is 0 Å². The molecule has 15 heavy (non-hydrogen) atoms. The third-order valence-electron chi connectivity index (χ3n) is 2.40. The molecule has 1 atom stereocenters. The predicted octanol–water partition coefficient (Wildman–Crippen LogP) is 2.56. The van der Waals surface area contributed by atoms with E-state index in [0.29, 0.717) is 11.1 Å². The van der Waals surface area contributed by atoms with Crippen molar-refractivity contribution in [3.8, 4) is 0 Å². The van der Waals surface area contributed by atoms with Crippen molar-refractivity contribution in [3.63, 3.8) is 0 Å². The Morgan fingerprint density at radius 2 is 2.33 bits per heavy atom. The number of aliphatic hydroxyl groups is 1. The van der Waals surface area contributed by atoms with E-state index in [9.17, 15) is 0 Å². The maximum absolute atomic E-state index is 8.84. The third-order valence-corrected chi connectivity index (χ3v) is 2.61. The number of anilines is 1. The van der Waals surface area contributed by atoms with Crippen molar-refractivity contribution in [1.82, 2.24) is 4.98 Å². The molecule has 3 nitrogen and oxygen atoms in total. The highest BCUT2D eigenvalue weighted by molar-refractivity contribution is 6.29. The largest absolute Gasteiger partial charge is 0.396 e. The molecule has 1 aromatic rings. The highest BCUT2D eigenvalue weighted by atomic mass is 35.5. The predicted molar refractivity (Wildman–Crippen MR) is 63.2 cm³/mol.